The summed E-state index contributed by atoms with van der Waals surface area (Å²) in [7, 11) is 0. The van der Waals surface area contributed by atoms with Crippen molar-refractivity contribution in [2.75, 3.05) is 0 Å². The van der Waals surface area contributed by atoms with Crippen LogP contribution in [0.1, 0.15) is 72.6 Å². The molecule has 0 radical (unpaired) electrons. The van der Waals surface area contributed by atoms with Crippen LogP contribution in [-0.2, 0) is 4.79 Å². The van der Waals surface area contributed by atoms with E-state index in [-0.39, 0.29) is 11.7 Å². The zero-order chi connectivity index (χ0) is 14.0. The van der Waals surface area contributed by atoms with Crippen molar-refractivity contribution in [3.63, 3.8) is 0 Å². The third kappa shape index (κ3) is 2.42. The Morgan fingerprint density at radius 1 is 1.26 bits per heavy atom. The van der Waals surface area contributed by atoms with Crippen LogP contribution in [0.2, 0.25) is 0 Å². The molecule has 1 saturated carbocycles. The predicted octanol–water partition coefficient (Wildman–Crippen LogP) is 3.29. The van der Waals surface area contributed by atoms with Gasteiger partial charge in [0.1, 0.15) is 0 Å². The molecule has 19 heavy (non-hydrogen) atoms. The van der Waals surface area contributed by atoms with Crippen molar-refractivity contribution >= 4 is 5.91 Å². The molecule has 1 heterocycles. The fourth-order valence-electron chi connectivity index (χ4n) is 4.14. The van der Waals surface area contributed by atoms with Crippen molar-refractivity contribution in [2.24, 2.45) is 5.92 Å². The first-order valence-electron chi connectivity index (χ1n) is 8.20. The first-order chi connectivity index (χ1) is 9.09. The molecule has 1 amide bonds. The number of carbonyl (C=O) groups is 1. The van der Waals surface area contributed by atoms with Crippen LogP contribution < -0.4 is 5.32 Å². The highest BCUT2D eigenvalue weighted by Crippen LogP contribution is 2.39. The minimum atomic E-state index is -0.207. The van der Waals surface area contributed by atoms with Crippen molar-refractivity contribution in [2.45, 2.75) is 90.4 Å². The lowest BCUT2D eigenvalue weighted by molar-refractivity contribution is -0.136. The fourth-order valence-corrected chi connectivity index (χ4v) is 4.14. The number of hydrogen-bond donors (Lipinski definition) is 1. The summed E-state index contributed by atoms with van der Waals surface area (Å²) >= 11 is 0. The predicted molar refractivity (Wildman–Crippen MR) is 78.8 cm³/mol. The summed E-state index contributed by atoms with van der Waals surface area (Å²) in [6, 6.07) is 0.361. The zero-order valence-corrected chi connectivity index (χ0v) is 13.0. The average molecular weight is 266 g/mol. The molecule has 0 aromatic rings. The molecule has 1 aliphatic carbocycles. The van der Waals surface area contributed by atoms with Gasteiger partial charge >= 0.3 is 0 Å². The summed E-state index contributed by atoms with van der Waals surface area (Å²) in [5, 5.41) is 3.68. The highest BCUT2D eigenvalue weighted by molar-refractivity contribution is 5.89. The van der Waals surface area contributed by atoms with Crippen LogP contribution in [0.5, 0.6) is 0 Å². The van der Waals surface area contributed by atoms with E-state index in [0.717, 1.165) is 32.1 Å². The number of carbonyl (C=O) groups excluding carboxylic acids is 1. The van der Waals surface area contributed by atoms with Gasteiger partial charge in [0.15, 0.2) is 0 Å². The van der Waals surface area contributed by atoms with E-state index in [0.29, 0.717) is 17.9 Å². The van der Waals surface area contributed by atoms with Crippen LogP contribution in [0.3, 0.4) is 0 Å². The Morgan fingerprint density at radius 3 is 2.32 bits per heavy atom. The third-order valence-corrected chi connectivity index (χ3v) is 5.44. The van der Waals surface area contributed by atoms with Gasteiger partial charge in [0.25, 0.3) is 0 Å². The quantitative estimate of drug-likeness (QED) is 0.828. The summed E-state index contributed by atoms with van der Waals surface area (Å²) in [4.78, 5) is 15.1. The molecule has 1 saturated heterocycles. The highest BCUT2D eigenvalue weighted by Gasteiger charge is 2.53. The van der Waals surface area contributed by atoms with Gasteiger partial charge in [0.05, 0.1) is 11.7 Å². The number of rotatable bonds is 5. The Kier molecular flexibility index (Phi) is 4.54. The molecule has 2 atom stereocenters. The van der Waals surface area contributed by atoms with Crippen molar-refractivity contribution in [1.29, 1.82) is 0 Å². The molecular weight excluding hydrogens is 236 g/mol. The van der Waals surface area contributed by atoms with Gasteiger partial charge in [-0.1, -0.05) is 46.5 Å². The van der Waals surface area contributed by atoms with Gasteiger partial charge in [-0.15, -0.1) is 0 Å². The second-order valence-electron chi connectivity index (χ2n) is 6.39. The van der Waals surface area contributed by atoms with Crippen molar-refractivity contribution in [3.05, 3.63) is 0 Å². The molecule has 1 spiro atoms. The van der Waals surface area contributed by atoms with Gasteiger partial charge in [0, 0.05) is 6.04 Å². The molecular formula is C16H30N2O. The maximum absolute atomic E-state index is 12.9. The second-order valence-corrected chi connectivity index (χ2v) is 6.39. The van der Waals surface area contributed by atoms with E-state index in [1.165, 1.54) is 12.8 Å². The summed E-state index contributed by atoms with van der Waals surface area (Å²) in [6.07, 6.45) is 8.04. The first kappa shape index (κ1) is 14.8. The number of amides is 1. The topological polar surface area (TPSA) is 32.3 Å². The summed E-state index contributed by atoms with van der Waals surface area (Å²) in [6.45, 7) is 8.91. The van der Waals surface area contributed by atoms with E-state index >= 15 is 0 Å². The van der Waals surface area contributed by atoms with Crippen molar-refractivity contribution in [1.82, 2.24) is 10.2 Å². The minimum absolute atomic E-state index is 0.207. The average Bonchev–Trinajstić information content (AvgIpc) is 2.98. The molecule has 0 aromatic heterocycles. The lowest BCUT2D eigenvalue weighted by Gasteiger charge is -2.35. The van der Waals surface area contributed by atoms with E-state index < -0.39 is 0 Å². The van der Waals surface area contributed by atoms with Crippen LogP contribution in [0.4, 0.5) is 0 Å². The summed E-state index contributed by atoms with van der Waals surface area (Å²) in [5.74, 6) is 1.01. The van der Waals surface area contributed by atoms with E-state index in [4.69, 9.17) is 0 Å². The molecule has 1 N–H and O–H groups in total. The molecule has 1 aliphatic heterocycles. The third-order valence-electron chi connectivity index (χ3n) is 5.44. The van der Waals surface area contributed by atoms with Crippen LogP contribution in [0, 0.1) is 5.92 Å². The Hall–Kier alpha value is -0.570. The molecule has 2 aliphatic rings. The van der Waals surface area contributed by atoms with E-state index in [9.17, 15) is 4.79 Å². The SMILES string of the molecule is CCC(CC)C(C)N1C(=O)C2(CCCC2)NC1CC. The highest BCUT2D eigenvalue weighted by atomic mass is 16.2. The summed E-state index contributed by atoms with van der Waals surface area (Å²) in [5.41, 5.74) is -0.207. The van der Waals surface area contributed by atoms with Gasteiger partial charge in [-0.2, -0.15) is 0 Å². The molecule has 0 aromatic carbocycles. The van der Waals surface area contributed by atoms with E-state index in [2.05, 4.69) is 37.9 Å². The van der Waals surface area contributed by atoms with Crippen molar-refractivity contribution in [3.8, 4) is 0 Å². The first-order valence-corrected chi connectivity index (χ1v) is 8.20. The Morgan fingerprint density at radius 2 is 1.84 bits per heavy atom. The molecule has 0 bridgehead atoms. The number of hydrogen-bond acceptors (Lipinski definition) is 2. The lowest BCUT2D eigenvalue weighted by atomic mass is 9.92. The Labute approximate surface area is 118 Å². The van der Waals surface area contributed by atoms with Gasteiger partial charge < -0.3 is 4.90 Å². The standard InChI is InChI=1S/C16H30N2O/c1-5-13(6-2)12(4)18-14(7-3)17-16(15(18)19)10-8-9-11-16/h12-14,17H,5-11H2,1-4H3. The fraction of sp³-hybridized carbons (Fsp3) is 0.938. The van der Waals surface area contributed by atoms with E-state index in [1.54, 1.807) is 0 Å². The smallest absolute Gasteiger partial charge is 0.244 e. The zero-order valence-electron chi connectivity index (χ0n) is 13.0. The number of nitrogens with one attached hydrogen (secondary N) is 1. The minimum Gasteiger partial charge on any atom is -0.323 e. The molecule has 2 rings (SSSR count). The normalized spacial score (nSPS) is 27.7. The maximum atomic E-state index is 12.9. The molecule has 2 unspecified atom stereocenters. The van der Waals surface area contributed by atoms with Crippen LogP contribution in [-0.4, -0.2) is 28.6 Å². The van der Waals surface area contributed by atoms with Crippen LogP contribution in [0.15, 0.2) is 0 Å². The Balaban J connectivity index is 2.20. The Bertz CT molecular complexity index is 319. The van der Waals surface area contributed by atoms with Gasteiger partial charge in [-0.05, 0) is 32.1 Å². The number of nitrogens with zero attached hydrogens (tertiary/aromatic N) is 1. The van der Waals surface area contributed by atoms with E-state index in [1.807, 2.05) is 0 Å². The molecule has 3 nitrogen and oxygen atoms in total. The second kappa shape index (κ2) is 5.82. The van der Waals surface area contributed by atoms with Gasteiger partial charge in [0.2, 0.25) is 5.91 Å². The van der Waals surface area contributed by atoms with Gasteiger partial charge in [-0.3, -0.25) is 10.1 Å². The largest absolute Gasteiger partial charge is 0.323 e. The molecule has 2 fully saturated rings. The van der Waals surface area contributed by atoms with Gasteiger partial charge in [-0.25, -0.2) is 0 Å². The van der Waals surface area contributed by atoms with Crippen LogP contribution >= 0.6 is 0 Å². The maximum Gasteiger partial charge on any atom is 0.244 e. The molecule has 110 valence electrons. The monoisotopic (exact) mass is 266 g/mol. The molecule has 3 heteroatoms. The van der Waals surface area contributed by atoms with Crippen LogP contribution in [0.25, 0.3) is 0 Å². The summed E-state index contributed by atoms with van der Waals surface area (Å²) < 4.78 is 0. The lowest BCUT2D eigenvalue weighted by Crippen LogP contribution is -2.47. The van der Waals surface area contributed by atoms with Crippen molar-refractivity contribution < 1.29 is 4.79 Å².